The minimum absolute atomic E-state index is 0.404. The van der Waals surface area contributed by atoms with Gasteiger partial charge < -0.3 is 10.3 Å². The van der Waals surface area contributed by atoms with Crippen LogP contribution in [0, 0.1) is 5.92 Å². The molecular formula is C16H20ClN3O. The average Bonchev–Trinajstić information content (AvgIpc) is 2.99. The molecule has 0 saturated heterocycles. The second-order valence-corrected chi connectivity index (χ2v) is 6.26. The predicted molar refractivity (Wildman–Crippen MR) is 84.1 cm³/mol. The number of halogens is 1. The molecule has 0 bridgehead atoms. The van der Waals surface area contributed by atoms with Crippen LogP contribution >= 0.6 is 11.6 Å². The molecule has 1 fully saturated rings. The highest BCUT2D eigenvalue weighted by atomic mass is 35.5. The molecule has 3 rings (SSSR count). The van der Waals surface area contributed by atoms with Crippen molar-refractivity contribution in [1.29, 1.82) is 0 Å². The molecule has 1 aliphatic carbocycles. The van der Waals surface area contributed by atoms with Crippen LogP contribution in [0.2, 0.25) is 5.02 Å². The second-order valence-electron chi connectivity index (χ2n) is 5.83. The minimum atomic E-state index is 0.404. The Morgan fingerprint density at radius 2 is 2.24 bits per heavy atom. The van der Waals surface area contributed by atoms with E-state index in [9.17, 15) is 0 Å². The Bertz CT molecular complexity index is 626. The first-order chi connectivity index (χ1) is 10.2. The zero-order valence-electron chi connectivity index (χ0n) is 12.2. The van der Waals surface area contributed by atoms with Gasteiger partial charge in [0, 0.05) is 16.6 Å². The summed E-state index contributed by atoms with van der Waals surface area (Å²) >= 11 is 6.01. The first-order valence-corrected chi connectivity index (χ1v) is 7.94. The van der Waals surface area contributed by atoms with E-state index in [0.29, 0.717) is 28.1 Å². The number of rotatable bonds is 3. The monoisotopic (exact) mass is 305 g/mol. The molecule has 0 radical (unpaired) electrons. The van der Waals surface area contributed by atoms with Crippen LogP contribution < -0.4 is 5.73 Å². The average molecular weight is 306 g/mol. The van der Waals surface area contributed by atoms with Gasteiger partial charge in [-0.3, -0.25) is 0 Å². The molecule has 1 heterocycles. The summed E-state index contributed by atoms with van der Waals surface area (Å²) in [5.41, 5.74) is 7.28. The summed E-state index contributed by atoms with van der Waals surface area (Å²) in [6, 6.07) is 5.28. The van der Waals surface area contributed by atoms with Gasteiger partial charge in [0.05, 0.1) is 5.56 Å². The predicted octanol–water partition coefficient (Wildman–Crippen LogP) is 4.66. The van der Waals surface area contributed by atoms with Gasteiger partial charge in [0.15, 0.2) is 5.82 Å². The number of anilines is 1. The van der Waals surface area contributed by atoms with Crippen molar-refractivity contribution in [2.45, 2.75) is 44.9 Å². The standard InChI is InChI=1S/C16H20ClN3O/c1-2-10-4-3-5-11(8-10)15-19-16(21-20-15)13-9-12(17)6-7-14(13)18/h6-7,9-11H,2-5,8,18H2,1H3. The molecule has 2 unspecified atom stereocenters. The summed E-state index contributed by atoms with van der Waals surface area (Å²) in [7, 11) is 0. The molecule has 1 saturated carbocycles. The van der Waals surface area contributed by atoms with Crippen LogP contribution in [-0.4, -0.2) is 10.1 Å². The topological polar surface area (TPSA) is 64.9 Å². The fourth-order valence-electron chi connectivity index (χ4n) is 3.12. The lowest BCUT2D eigenvalue weighted by Gasteiger charge is -2.26. The molecule has 2 aromatic rings. The van der Waals surface area contributed by atoms with Crippen LogP contribution in [0.3, 0.4) is 0 Å². The Labute approximate surface area is 129 Å². The number of nitrogens with zero attached hydrogens (tertiary/aromatic N) is 2. The highest BCUT2D eigenvalue weighted by Crippen LogP contribution is 2.37. The van der Waals surface area contributed by atoms with Crippen molar-refractivity contribution in [3.8, 4) is 11.5 Å². The van der Waals surface area contributed by atoms with Crippen LogP contribution in [-0.2, 0) is 0 Å². The Balaban J connectivity index is 1.84. The van der Waals surface area contributed by atoms with Crippen LogP contribution in [0.25, 0.3) is 11.5 Å². The van der Waals surface area contributed by atoms with Crippen molar-refractivity contribution < 1.29 is 4.52 Å². The molecule has 0 spiro atoms. The van der Waals surface area contributed by atoms with E-state index in [1.54, 1.807) is 18.2 Å². The molecule has 5 heteroatoms. The maximum atomic E-state index is 6.01. The second kappa shape index (κ2) is 6.06. The van der Waals surface area contributed by atoms with Crippen LogP contribution in [0.5, 0.6) is 0 Å². The van der Waals surface area contributed by atoms with E-state index in [0.717, 1.165) is 24.6 Å². The molecule has 1 aliphatic rings. The van der Waals surface area contributed by atoms with Gasteiger partial charge in [-0.1, -0.05) is 42.9 Å². The third-order valence-corrected chi connectivity index (χ3v) is 4.65. The zero-order valence-corrected chi connectivity index (χ0v) is 12.9. The van der Waals surface area contributed by atoms with E-state index in [-0.39, 0.29) is 0 Å². The van der Waals surface area contributed by atoms with Crippen molar-refractivity contribution in [3.63, 3.8) is 0 Å². The van der Waals surface area contributed by atoms with Gasteiger partial charge in [0.1, 0.15) is 0 Å². The minimum Gasteiger partial charge on any atom is -0.398 e. The van der Waals surface area contributed by atoms with E-state index in [1.165, 1.54) is 19.3 Å². The zero-order chi connectivity index (χ0) is 14.8. The van der Waals surface area contributed by atoms with Gasteiger partial charge in [0.2, 0.25) is 0 Å². The van der Waals surface area contributed by atoms with Crippen LogP contribution in [0.15, 0.2) is 22.7 Å². The van der Waals surface area contributed by atoms with Gasteiger partial charge in [-0.25, -0.2) is 0 Å². The fraction of sp³-hybridized carbons (Fsp3) is 0.500. The number of nitrogens with two attached hydrogens (primary N) is 1. The SMILES string of the molecule is CCC1CCCC(c2noc(-c3cc(Cl)ccc3N)n2)C1. The van der Waals surface area contributed by atoms with Gasteiger partial charge >= 0.3 is 0 Å². The molecule has 1 aromatic heterocycles. The Morgan fingerprint density at radius 1 is 1.38 bits per heavy atom. The third-order valence-electron chi connectivity index (χ3n) is 4.41. The maximum Gasteiger partial charge on any atom is 0.260 e. The summed E-state index contributed by atoms with van der Waals surface area (Å²) in [6.45, 7) is 2.25. The van der Waals surface area contributed by atoms with Crippen molar-refractivity contribution >= 4 is 17.3 Å². The smallest absolute Gasteiger partial charge is 0.260 e. The third kappa shape index (κ3) is 3.05. The largest absolute Gasteiger partial charge is 0.398 e. The molecule has 2 N–H and O–H groups in total. The summed E-state index contributed by atoms with van der Waals surface area (Å²) in [5.74, 6) is 2.45. The van der Waals surface area contributed by atoms with Crippen LogP contribution in [0.4, 0.5) is 5.69 Å². The van der Waals surface area contributed by atoms with E-state index in [4.69, 9.17) is 21.9 Å². The Kier molecular flexibility index (Phi) is 4.15. The van der Waals surface area contributed by atoms with E-state index < -0.39 is 0 Å². The quantitative estimate of drug-likeness (QED) is 0.838. The van der Waals surface area contributed by atoms with Gasteiger partial charge in [-0.05, 0) is 37.0 Å². The molecular weight excluding hydrogens is 286 g/mol. The van der Waals surface area contributed by atoms with Crippen molar-refractivity contribution in [2.75, 3.05) is 5.73 Å². The van der Waals surface area contributed by atoms with Gasteiger partial charge in [-0.15, -0.1) is 0 Å². The molecule has 0 amide bonds. The van der Waals surface area contributed by atoms with E-state index in [1.807, 2.05) is 0 Å². The lowest BCUT2D eigenvalue weighted by atomic mass is 9.80. The molecule has 112 valence electrons. The highest BCUT2D eigenvalue weighted by molar-refractivity contribution is 6.31. The molecule has 0 aliphatic heterocycles. The summed E-state index contributed by atoms with van der Waals surface area (Å²) < 4.78 is 5.41. The Hall–Kier alpha value is -1.55. The molecule has 2 atom stereocenters. The number of hydrogen-bond acceptors (Lipinski definition) is 4. The lowest BCUT2D eigenvalue weighted by Crippen LogP contribution is -2.14. The fourth-order valence-corrected chi connectivity index (χ4v) is 3.29. The number of hydrogen-bond donors (Lipinski definition) is 1. The number of benzene rings is 1. The molecule has 4 nitrogen and oxygen atoms in total. The maximum absolute atomic E-state index is 6.01. The van der Waals surface area contributed by atoms with Crippen molar-refractivity contribution in [3.05, 3.63) is 29.0 Å². The summed E-state index contributed by atoms with van der Waals surface area (Å²) in [5, 5.41) is 4.78. The normalized spacial score (nSPS) is 22.4. The van der Waals surface area contributed by atoms with Crippen LogP contribution in [0.1, 0.15) is 50.8 Å². The summed E-state index contributed by atoms with van der Waals surface area (Å²) in [4.78, 5) is 4.56. The highest BCUT2D eigenvalue weighted by Gasteiger charge is 2.26. The molecule has 1 aromatic carbocycles. The first kappa shape index (κ1) is 14.4. The van der Waals surface area contributed by atoms with E-state index >= 15 is 0 Å². The Morgan fingerprint density at radius 3 is 3.05 bits per heavy atom. The van der Waals surface area contributed by atoms with Gasteiger partial charge in [0.25, 0.3) is 5.89 Å². The van der Waals surface area contributed by atoms with E-state index in [2.05, 4.69) is 17.1 Å². The van der Waals surface area contributed by atoms with Gasteiger partial charge in [-0.2, -0.15) is 4.98 Å². The van der Waals surface area contributed by atoms with Crippen molar-refractivity contribution in [2.24, 2.45) is 5.92 Å². The number of aromatic nitrogens is 2. The lowest BCUT2D eigenvalue weighted by molar-refractivity contribution is 0.300. The molecule has 21 heavy (non-hydrogen) atoms. The first-order valence-electron chi connectivity index (χ1n) is 7.56. The summed E-state index contributed by atoms with van der Waals surface area (Å²) in [6.07, 6.45) is 6.08. The van der Waals surface area contributed by atoms with Crippen molar-refractivity contribution in [1.82, 2.24) is 10.1 Å². The number of nitrogen functional groups attached to an aromatic ring is 1.